The fraction of sp³-hybridized carbons (Fsp3) is 0.474. The van der Waals surface area contributed by atoms with E-state index in [1.54, 1.807) is 25.6 Å². The van der Waals surface area contributed by atoms with Gasteiger partial charge in [0.2, 0.25) is 5.91 Å². The van der Waals surface area contributed by atoms with Crippen molar-refractivity contribution in [3.05, 3.63) is 38.4 Å². The maximum atomic E-state index is 13.5. The molecule has 1 amide bonds. The summed E-state index contributed by atoms with van der Waals surface area (Å²) in [6.45, 7) is 5.93. The van der Waals surface area contributed by atoms with Gasteiger partial charge in [0.1, 0.15) is 5.02 Å². The number of alkyl halides is 2. The number of halogens is 3. The summed E-state index contributed by atoms with van der Waals surface area (Å²) in [7, 11) is 1.70. The predicted molar refractivity (Wildman–Crippen MR) is 110 cm³/mol. The molecule has 0 fully saturated rings. The minimum absolute atomic E-state index is 0.0172. The van der Waals surface area contributed by atoms with E-state index in [1.165, 1.54) is 9.25 Å². The van der Waals surface area contributed by atoms with Gasteiger partial charge in [-0.25, -0.2) is 8.78 Å². The highest BCUT2D eigenvalue weighted by atomic mass is 35.5. The van der Waals surface area contributed by atoms with Crippen molar-refractivity contribution in [2.24, 2.45) is 7.05 Å². The third kappa shape index (κ3) is 3.96. The molecule has 3 aromatic heterocycles. The van der Waals surface area contributed by atoms with Crippen LogP contribution < -0.4 is 10.9 Å². The summed E-state index contributed by atoms with van der Waals surface area (Å²) in [6, 6.07) is 0.925. The molecular weight excluding hydrogens is 418 g/mol. The number of aryl methyl sites for hydroxylation is 4. The molecule has 162 valence electrons. The normalized spacial score (nSPS) is 11.6. The van der Waals surface area contributed by atoms with Gasteiger partial charge in [-0.3, -0.25) is 23.5 Å². The number of amides is 1. The SMILES string of the molecule is CCCn1nc2c(c(C(F)F)cc(=O)n2CCC(=O)Nc2nn(C)c(C)c2Cl)c1C. The zero-order valence-corrected chi connectivity index (χ0v) is 17.9. The van der Waals surface area contributed by atoms with Gasteiger partial charge in [-0.05, 0) is 20.3 Å². The van der Waals surface area contributed by atoms with E-state index in [1.807, 2.05) is 6.92 Å². The Morgan fingerprint density at radius 2 is 1.93 bits per heavy atom. The Kier molecular flexibility index (Phi) is 6.25. The molecule has 1 N–H and O–H groups in total. The number of pyridine rings is 1. The highest BCUT2D eigenvalue weighted by Crippen LogP contribution is 2.29. The van der Waals surface area contributed by atoms with E-state index in [4.69, 9.17) is 11.6 Å². The van der Waals surface area contributed by atoms with Crippen molar-refractivity contribution in [1.29, 1.82) is 0 Å². The van der Waals surface area contributed by atoms with Crippen LogP contribution in [0.5, 0.6) is 0 Å². The first-order valence-corrected chi connectivity index (χ1v) is 9.91. The van der Waals surface area contributed by atoms with Crippen LogP contribution in [0.4, 0.5) is 14.6 Å². The van der Waals surface area contributed by atoms with E-state index in [-0.39, 0.29) is 35.4 Å². The first kappa shape index (κ1) is 21.9. The number of fused-ring (bicyclic) bond motifs is 1. The summed E-state index contributed by atoms with van der Waals surface area (Å²) >= 11 is 6.14. The molecule has 0 aliphatic heterocycles. The van der Waals surface area contributed by atoms with Crippen LogP contribution in [0.25, 0.3) is 11.0 Å². The minimum Gasteiger partial charge on any atom is -0.308 e. The van der Waals surface area contributed by atoms with Gasteiger partial charge in [-0.1, -0.05) is 18.5 Å². The van der Waals surface area contributed by atoms with Crippen molar-refractivity contribution in [3.8, 4) is 0 Å². The van der Waals surface area contributed by atoms with Gasteiger partial charge >= 0.3 is 0 Å². The second-order valence-electron chi connectivity index (χ2n) is 7.07. The van der Waals surface area contributed by atoms with E-state index in [0.717, 1.165) is 12.5 Å². The van der Waals surface area contributed by atoms with Crippen molar-refractivity contribution in [2.45, 2.75) is 53.1 Å². The lowest BCUT2D eigenvalue weighted by Crippen LogP contribution is -2.24. The number of anilines is 1. The Labute approximate surface area is 176 Å². The van der Waals surface area contributed by atoms with Crippen molar-refractivity contribution in [2.75, 3.05) is 5.32 Å². The molecule has 3 aromatic rings. The highest BCUT2D eigenvalue weighted by Gasteiger charge is 2.22. The number of aromatic nitrogens is 5. The van der Waals surface area contributed by atoms with Crippen LogP contribution in [0.15, 0.2) is 10.9 Å². The molecule has 3 heterocycles. The standard InChI is InChI=1S/C19H23ClF2N6O2/c1-5-7-28-10(2)15-12(17(21)22)9-14(30)27(19(15)25-28)8-6-13(29)23-18-16(20)11(3)26(4)24-18/h9,17H,5-8H2,1-4H3,(H,23,24,29). The van der Waals surface area contributed by atoms with Crippen molar-refractivity contribution in [1.82, 2.24) is 24.1 Å². The third-order valence-electron chi connectivity index (χ3n) is 5.03. The Bertz CT molecular complexity index is 1160. The van der Waals surface area contributed by atoms with Gasteiger partial charge in [-0.15, -0.1) is 0 Å². The molecule has 8 nitrogen and oxygen atoms in total. The maximum absolute atomic E-state index is 13.5. The summed E-state index contributed by atoms with van der Waals surface area (Å²) in [5.74, 6) is -0.173. The summed E-state index contributed by atoms with van der Waals surface area (Å²) < 4.78 is 31.5. The number of rotatable bonds is 7. The van der Waals surface area contributed by atoms with Crippen LogP contribution in [0.3, 0.4) is 0 Å². The van der Waals surface area contributed by atoms with Gasteiger partial charge in [0.25, 0.3) is 12.0 Å². The molecule has 0 saturated heterocycles. The predicted octanol–water partition coefficient (Wildman–Crippen LogP) is 3.58. The highest BCUT2D eigenvalue weighted by molar-refractivity contribution is 6.34. The number of hydrogen-bond donors (Lipinski definition) is 1. The molecule has 3 rings (SSSR count). The molecule has 0 atom stereocenters. The second-order valence-corrected chi connectivity index (χ2v) is 7.45. The molecule has 30 heavy (non-hydrogen) atoms. The lowest BCUT2D eigenvalue weighted by molar-refractivity contribution is -0.116. The summed E-state index contributed by atoms with van der Waals surface area (Å²) in [5, 5.41) is 11.7. The van der Waals surface area contributed by atoms with E-state index in [0.29, 0.717) is 23.0 Å². The Hall–Kier alpha value is -2.75. The van der Waals surface area contributed by atoms with Crippen LogP contribution in [-0.4, -0.2) is 30.0 Å². The summed E-state index contributed by atoms with van der Waals surface area (Å²) in [5.41, 5.74) is 0.452. The largest absolute Gasteiger partial charge is 0.308 e. The van der Waals surface area contributed by atoms with Gasteiger partial charge in [0.15, 0.2) is 11.5 Å². The van der Waals surface area contributed by atoms with E-state index in [9.17, 15) is 18.4 Å². The second kappa shape index (κ2) is 8.55. The van der Waals surface area contributed by atoms with Gasteiger partial charge in [-0.2, -0.15) is 10.2 Å². The molecule has 0 spiro atoms. The van der Waals surface area contributed by atoms with E-state index < -0.39 is 17.9 Å². The molecule has 11 heteroatoms. The monoisotopic (exact) mass is 440 g/mol. The van der Waals surface area contributed by atoms with Gasteiger partial charge in [0.05, 0.1) is 5.69 Å². The topological polar surface area (TPSA) is 86.7 Å². The van der Waals surface area contributed by atoms with Crippen molar-refractivity contribution < 1.29 is 13.6 Å². The molecule has 0 aliphatic rings. The van der Waals surface area contributed by atoms with Crippen LogP contribution in [0.2, 0.25) is 5.02 Å². The Morgan fingerprint density at radius 1 is 1.23 bits per heavy atom. The number of nitrogens with one attached hydrogen (secondary N) is 1. The fourth-order valence-electron chi connectivity index (χ4n) is 3.33. The number of nitrogens with zero attached hydrogens (tertiary/aromatic N) is 5. The fourth-order valence-corrected chi connectivity index (χ4v) is 3.54. The quantitative estimate of drug-likeness (QED) is 0.608. The molecule has 0 aromatic carbocycles. The van der Waals surface area contributed by atoms with Crippen molar-refractivity contribution in [3.63, 3.8) is 0 Å². The average Bonchev–Trinajstić information content (AvgIpc) is 3.12. The summed E-state index contributed by atoms with van der Waals surface area (Å²) in [6.07, 6.45) is -2.12. The molecule has 0 aliphatic carbocycles. The van der Waals surface area contributed by atoms with Gasteiger partial charge < -0.3 is 5.32 Å². The van der Waals surface area contributed by atoms with E-state index >= 15 is 0 Å². The van der Waals surface area contributed by atoms with E-state index in [2.05, 4.69) is 15.5 Å². The first-order chi connectivity index (χ1) is 14.1. The van der Waals surface area contributed by atoms with Crippen LogP contribution in [0.1, 0.15) is 43.1 Å². The maximum Gasteiger partial charge on any atom is 0.264 e. The first-order valence-electron chi connectivity index (χ1n) is 9.53. The van der Waals surface area contributed by atoms with Gasteiger partial charge in [0, 0.05) is 49.3 Å². The molecular formula is C19H23ClF2N6O2. The molecule has 0 saturated carbocycles. The Morgan fingerprint density at radius 3 is 2.50 bits per heavy atom. The van der Waals surface area contributed by atoms with Crippen LogP contribution >= 0.6 is 11.6 Å². The molecule has 0 unspecified atom stereocenters. The minimum atomic E-state index is -2.80. The average molecular weight is 441 g/mol. The summed E-state index contributed by atoms with van der Waals surface area (Å²) in [4.78, 5) is 24.9. The zero-order chi connectivity index (χ0) is 22.2. The third-order valence-corrected chi connectivity index (χ3v) is 5.48. The van der Waals surface area contributed by atoms with Crippen LogP contribution in [0, 0.1) is 13.8 Å². The molecule has 0 bridgehead atoms. The lowest BCUT2D eigenvalue weighted by Gasteiger charge is -2.09. The molecule has 0 radical (unpaired) electrons. The number of hydrogen-bond acceptors (Lipinski definition) is 4. The van der Waals surface area contributed by atoms with Crippen molar-refractivity contribution >= 4 is 34.4 Å². The number of carbonyl (C=O) groups is 1. The van der Waals surface area contributed by atoms with Crippen LogP contribution in [-0.2, 0) is 24.9 Å². The lowest BCUT2D eigenvalue weighted by atomic mass is 10.1. The Balaban J connectivity index is 1.92. The smallest absolute Gasteiger partial charge is 0.264 e. The zero-order valence-electron chi connectivity index (χ0n) is 17.2. The number of carbonyl (C=O) groups excluding carboxylic acids is 1.